The normalized spacial score (nSPS) is 13.2. The van der Waals surface area contributed by atoms with Gasteiger partial charge in [0.2, 0.25) is 0 Å². The Morgan fingerprint density at radius 2 is 1.62 bits per heavy atom. The zero-order chi connectivity index (χ0) is 17.3. The second-order valence-electron chi connectivity index (χ2n) is 5.14. The maximum absolute atomic E-state index is 12.1. The lowest BCUT2D eigenvalue weighted by molar-refractivity contribution is -0.165. The van der Waals surface area contributed by atoms with Gasteiger partial charge in [-0.2, -0.15) is 0 Å². The predicted octanol–water partition coefficient (Wildman–Crippen LogP) is 1.94. The van der Waals surface area contributed by atoms with Gasteiger partial charge >= 0.3 is 5.97 Å². The summed E-state index contributed by atoms with van der Waals surface area (Å²) < 4.78 is 0. The molecule has 1 aromatic carbocycles. The van der Waals surface area contributed by atoms with E-state index in [2.05, 4.69) is 9.97 Å². The fourth-order valence-corrected chi connectivity index (χ4v) is 2.98. The van der Waals surface area contributed by atoms with Crippen LogP contribution in [0.4, 0.5) is 0 Å². The number of hydrogen-bond acceptors (Lipinski definition) is 7. The van der Waals surface area contributed by atoms with Crippen molar-refractivity contribution in [1.82, 2.24) is 15.0 Å². The second-order valence-corrected chi connectivity index (χ2v) is 6.08. The summed E-state index contributed by atoms with van der Waals surface area (Å²) in [6, 6.07) is 8.13. The Balaban J connectivity index is 1.64. The molecule has 0 saturated heterocycles. The lowest BCUT2D eigenvalue weighted by atomic mass is 10.1. The van der Waals surface area contributed by atoms with Gasteiger partial charge in [-0.25, -0.2) is 14.8 Å². The second kappa shape index (κ2) is 6.40. The summed E-state index contributed by atoms with van der Waals surface area (Å²) in [5.74, 6) is -2.12. The molecule has 2 amide bonds. The number of rotatable bonds is 4. The lowest BCUT2D eigenvalue weighted by Crippen LogP contribution is -2.33. The largest absolute Gasteiger partial charge is 0.343 e. The number of amides is 2. The molecule has 24 heavy (non-hydrogen) atoms. The van der Waals surface area contributed by atoms with Crippen molar-refractivity contribution >= 4 is 29.5 Å². The number of nitrogens with zero attached hydrogens (tertiary/aromatic N) is 3. The van der Waals surface area contributed by atoms with Gasteiger partial charge in [0.1, 0.15) is 5.75 Å². The Bertz CT molecular complexity index is 798. The highest BCUT2D eigenvalue weighted by Crippen LogP contribution is 2.23. The Kier molecular flexibility index (Phi) is 4.30. The minimum absolute atomic E-state index is 0.115. The number of carbonyl (C=O) groups excluding carboxylic acids is 3. The maximum atomic E-state index is 12.1. The molecule has 0 spiro atoms. The van der Waals surface area contributed by atoms with Gasteiger partial charge in [-0.1, -0.05) is 29.0 Å². The van der Waals surface area contributed by atoms with Crippen LogP contribution in [-0.2, 0) is 9.63 Å². The molecule has 0 bridgehead atoms. The van der Waals surface area contributed by atoms with Gasteiger partial charge in [0.15, 0.2) is 5.16 Å². The molecule has 0 saturated carbocycles. The number of aromatic nitrogens is 2. The van der Waals surface area contributed by atoms with E-state index in [-0.39, 0.29) is 16.9 Å². The van der Waals surface area contributed by atoms with Crippen LogP contribution in [0.15, 0.2) is 35.5 Å². The molecule has 1 aliphatic rings. The predicted molar refractivity (Wildman–Crippen MR) is 85.3 cm³/mol. The van der Waals surface area contributed by atoms with Gasteiger partial charge in [-0.3, -0.25) is 9.59 Å². The number of imide groups is 1. The van der Waals surface area contributed by atoms with Crippen molar-refractivity contribution in [3.8, 4) is 0 Å². The molecule has 0 atom stereocenters. The molecule has 1 aliphatic heterocycles. The molecule has 0 aliphatic carbocycles. The third-order valence-corrected chi connectivity index (χ3v) is 4.05. The molecule has 0 N–H and O–H groups in total. The van der Waals surface area contributed by atoms with Crippen molar-refractivity contribution < 1.29 is 19.2 Å². The fourth-order valence-electron chi connectivity index (χ4n) is 2.26. The number of hydroxylamine groups is 2. The summed E-state index contributed by atoms with van der Waals surface area (Å²) in [6.45, 7) is 3.66. The van der Waals surface area contributed by atoms with Crippen LogP contribution in [0.25, 0.3) is 0 Å². The number of aryl methyl sites for hydroxylation is 2. The van der Waals surface area contributed by atoms with E-state index in [0.717, 1.165) is 23.1 Å². The first kappa shape index (κ1) is 16.1. The zero-order valence-electron chi connectivity index (χ0n) is 13.0. The minimum Gasteiger partial charge on any atom is -0.329 e. The van der Waals surface area contributed by atoms with Crippen LogP contribution in [0.1, 0.15) is 32.1 Å². The van der Waals surface area contributed by atoms with Crippen molar-refractivity contribution in [2.45, 2.75) is 19.0 Å². The number of benzene rings is 1. The van der Waals surface area contributed by atoms with Crippen molar-refractivity contribution in [2.24, 2.45) is 0 Å². The smallest absolute Gasteiger partial charge is 0.329 e. The first-order chi connectivity index (χ1) is 11.5. The Morgan fingerprint density at radius 1 is 1.08 bits per heavy atom. The summed E-state index contributed by atoms with van der Waals surface area (Å²) in [5, 5.41) is 0.933. The van der Waals surface area contributed by atoms with E-state index in [0.29, 0.717) is 10.2 Å². The SMILES string of the molecule is Cc1cc(C)nc(SCC(=O)ON2C(=O)c3ccccc3C2=O)n1. The Morgan fingerprint density at radius 3 is 2.17 bits per heavy atom. The molecule has 0 radical (unpaired) electrons. The number of fused-ring (bicyclic) bond motifs is 1. The van der Waals surface area contributed by atoms with Crippen LogP contribution in [0.2, 0.25) is 0 Å². The monoisotopic (exact) mass is 343 g/mol. The molecule has 0 fully saturated rings. The molecular formula is C16H13N3O4S. The van der Waals surface area contributed by atoms with E-state index in [1.165, 1.54) is 12.1 Å². The van der Waals surface area contributed by atoms with Crippen LogP contribution < -0.4 is 0 Å². The average molecular weight is 343 g/mol. The van der Waals surface area contributed by atoms with Crippen LogP contribution in [-0.4, -0.2) is 38.6 Å². The summed E-state index contributed by atoms with van der Waals surface area (Å²) in [5.41, 5.74) is 2.03. The molecule has 0 unspecified atom stereocenters. The standard InChI is InChI=1S/C16H13N3O4S/c1-9-7-10(2)18-16(17-9)24-8-13(20)23-19-14(21)11-5-3-4-6-12(11)15(19)22/h3-7H,8H2,1-2H3. The molecule has 8 heteroatoms. The first-order valence-electron chi connectivity index (χ1n) is 7.09. The van der Waals surface area contributed by atoms with E-state index in [1.807, 2.05) is 19.9 Å². The van der Waals surface area contributed by atoms with E-state index in [1.54, 1.807) is 12.1 Å². The third kappa shape index (κ3) is 3.13. The summed E-state index contributed by atoms with van der Waals surface area (Å²) >= 11 is 1.08. The summed E-state index contributed by atoms with van der Waals surface area (Å²) in [4.78, 5) is 49.5. The van der Waals surface area contributed by atoms with Gasteiger partial charge in [0.05, 0.1) is 11.1 Å². The number of thioether (sulfide) groups is 1. The first-order valence-corrected chi connectivity index (χ1v) is 8.08. The van der Waals surface area contributed by atoms with Gasteiger partial charge in [0.25, 0.3) is 11.8 Å². The highest BCUT2D eigenvalue weighted by Gasteiger charge is 2.38. The number of carbonyl (C=O) groups is 3. The fraction of sp³-hybridized carbons (Fsp3) is 0.188. The molecule has 7 nitrogen and oxygen atoms in total. The van der Waals surface area contributed by atoms with E-state index >= 15 is 0 Å². The van der Waals surface area contributed by atoms with Crippen LogP contribution >= 0.6 is 11.8 Å². The number of hydrogen-bond donors (Lipinski definition) is 0. The maximum Gasteiger partial charge on any atom is 0.343 e. The van der Waals surface area contributed by atoms with Gasteiger partial charge in [0, 0.05) is 11.4 Å². The van der Waals surface area contributed by atoms with Crippen LogP contribution in [0, 0.1) is 13.8 Å². The van der Waals surface area contributed by atoms with Crippen LogP contribution in [0.3, 0.4) is 0 Å². The average Bonchev–Trinajstić information content (AvgIpc) is 2.78. The minimum atomic E-state index is -0.725. The van der Waals surface area contributed by atoms with Crippen molar-refractivity contribution in [1.29, 1.82) is 0 Å². The lowest BCUT2D eigenvalue weighted by Gasteiger charge is -2.12. The molecule has 2 aromatic rings. The van der Waals surface area contributed by atoms with Crippen LogP contribution in [0.5, 0.6) is 0 Å². The van der Waals surface area contributed by atoms with E-state index in [4.69, 9.17) is 4.84 Å². The van der Waals surface area contributed by atoms with Gasteiger partial charge < -0.3 is 4.84 Å². The summed E-state index contributed by atoms with van der Waals surface area (Å²) in [6.07, 6.45) is 0. The molecule has 3 rings (SSSR count). The highest BCUT2D eigenvalue weighted by molar-refractivity contribution is 7.99. The van der Waals surface area contributed by atoms with Crippen molar-refractivity contribution in [3.63, 3.8) is 0 Å². The van der Waals surface area contributed by atoms with Gasteiger partial charge in [-0.15, -0.1) is 0 Å². The van der Waals surface area contributed by atoms with Crippen molar-refractivity contribution in [2.75, 3.05) is 5.75 Å². The molecular weight excluding hydrogens is 330 g/mol. The molecule has 1 aromatic heterocycles. The van der Waals surface area contributed by atoms with Gasteiger partial charge in [-0.05, 0) is 32.0 Å². The third-order valence-electron chi connectivity index (χ3n) is 3.23. The van der Waals surface area contributed by atoms with E-state index in [9.17, 15) is 14.4 Å². The molecule has 122 valence electrons. The highest BCUT2D eigenvalue weighted by atomic mass is 32.2. The topological polar surface area (TPSA) is 89.5 Å². The Hall–Kier alpha value is -2.74. The molecule has 2 heterocycles. The van der Waals surface area contributed by atoms with E-state index < -0.39 is 17.8 Å². The van der Waals surface area contributed by atoms with Crippen molar-refractivity contribution in [3.05, 3.63) is 52.8 Å². The summed E-state index contributed by atoms with van der Waals surface area (Å²) in [7, 11) is 0. The Labute approximate surface area is 142 Å². The quantitative estimate of drug-likeness (QED) is 0.476. The zero-order valence-corrected chi connectivity index (χ0v) is 13.8.